The minimum Gasteiger partial charge on any atom is -0.475 e. The van der Waals surface area contributed by atoms with Gasteiger partial charge in [0.1, 0.15) is 11.4 Å². The fourth-order valence-corrected chi connectivity index (χ4v) is 2.50. The Morgan fingerprint density at radius 3 is 2.80 bits per heavy atom. The normalized spacial score (nSPS) is 10.9. The molecule has 0 amide bonds. The Hall–Kier alpha value is -1.48. The maximum Gasteiger partial charge on any atom is 0.241 e. The summed E-state index contributed by atoms with van der Waals surface area (Å²) in [6, 6.07) is 2.00. The minimum atomic E-state index is 0.342. The van der Waals surface area contributed by atoms with Gasteiger partial charge in [0.05, 0.1) is 25.2 Å². The van der Waals surface area contributed by atoms with Crippen LogP contribution < -0.4 is 16.0 Å². The van der Waals surface area contributed by atoms with E-state index in [1.54, 1.807) is 18.4 Å². The molecule has 0 atom stereocenters. The van der Waals surface area contributed by atoms with Crippen LogP contribution in [0.5, 0.6) is 5.88 Å². The summed E-state index contributed by atoms with van der Waals surface area (Å²) >= 11 is 1.57. The highest BCUT2D eigenvalue weighted by atomic mass is 32.1. The van der Waals surface area contributed by atoms with E-state index < -0.39 is 0 Å². The molecule has 0 saturated heterocycles. The molecule has 2 heterocycles. The number of hydrazine groups is 1. The summed E-state index contributed by atoms with van der Waals surface area (Å²) < 4.78 is 15.9. The lowest BCUT2D eigenvalue weighted by atomic mass is 10.3. The summed E-state index contributed by atoms with van der Waals surface area (Å²) in [6.07, 6.45) is 0. The Morgan fingerprint density at radius 1 is 1.25 bits per heavy atom. The predicted octanol–water partition coefficient (Wildman–Crippen LogP) is 1.33. The number of thiophene rings is 1. The van der Waals surface area contributed by atoms with Crippen molar-refractivity contribution in [3.05, 3.63) is 10.9 Å². The molecule has 0 aliphatic carbocycles. The fourth-order valence-electron chi connectivity index (χ4n) is 1.63. The molecule has 0 fully saturated rings. The van der Waals surface area contributed by atoms with Crippen LogP contribution in [0.25, 0.3) is 10.2 Å². The topological polar surface area (TPSA) is 91.5 Å². The van der Waals surface area contributed by atoms with Crippen molar-refractivity contribution in [3.8, 4) is 5.88 Å². The number of methoxy groups -OCH3 is 1. The molecule has 0 radical (unpaired) electrons. The van der Waals surface area contributed by atoms with E-state index in [9.17, 15) is 0 Å². The van der Waals surface area contributed by atoms with Gasteiger partial charge in [-0.2, -0.15) is 4.98 Å². The van der Waals surface area contributed by atoms with Gasteiger partial charge >= 0.3 is 0 Å². The first kappa shape index (κ1) is 14.9. The average molecular weight is 298 g/mol. The lowest BCUT2D eigenvalue weighted by Gasteiger charge is -2.08. The molecule has 0 bridgehead atoms. The Morgan fingerprint density at radius 2 is 2.05 bits per heavy atom. The van der Waals surface area contributed by atoms with Crippen LogP contribution >= 0.6 is 11.3 Å². The molecule has 2 rings (SSSR count). The van der Waals surface area contributed by atoms with Crippen LogP contribution in [0.2, 0.25) is 0 Å². The molecule has 110 valence electrons. The van der Waals surface area contributed by atoms with Crippen LogP contribution in [-0.2, 0) is 9.47 Å². The second-order valence-electron chi connectivity index (χ2n) is 4.03. The molecule has 7 nitrogen and oxygen atoms in total. The summed E-state index contributed by atoms with van der Waals surface area (Å²) in [6.45, 7) is 4.02. The summed E-state index contributed by atoms with van der Waals surface area (Å²) in [7, 11) is 1.64. The second-order valence-corrected chi connectivity index (χ2v) is 5.26. The molecular weight excluding hydrogens is 280 g/mol. The van der Waals surface area contributed by atoms with Gasteiger partial charge in [0.15, 0.2) is 0 Å². The molecule has 2 aromatic rings. The van der Waals surface area contributed by atoms with Gasteiger partial charge in [0, 0.05) is 12.0 Å². The van der Waals surface area contributed by atoms with Crippen molar-refractivity contribution in [1.82, 2.24) is 9.97 Å². The van der Waals surface area contributed by atoms with Crippen molar-refractivity contribution in [2.45, 2.75) is 6.92 Å². The van der Waals surface area contributed by atoms with Gasteiger partial charge in [0.2, 0.25) is 11.8 Å². The maximum absolute atomic E-state index is 5.65. The van der Waals surface area contributed by atoms with Gasteiger partial charge < -0.3 is 14.2 Å². The number of nitrogens with zero attached hydrogens (tertiary/aromatic N) is 2. The number of rotatable bonds is 8. The van der Waals surface area contributed by atoms with Gasteiger partial charge in [-0.05, 0) is 13.0 Å². The first-order chi connectivity index (χ1) is 9.74. The van der Waals surface area contributed by atoms with Crippen molar-refractivity contribution in [1.29, 1.82) is 0 Å². The van der Waals surface area contributed by atoms with Gasteiger partial charge in [-0.15, -0.1) is 11.3 Å². The molecular formula is C12H18N4O3S. The number of anilines is 1. The van der Waals surface area contributed by atoms with E-state index in [0.29, 0.717) is 38.3 Å². The summed E-state index contributed by atoms with van der Waals surface area (Å²) in [5.74, 6) is 6.22. The van der Waals surface area contributed by atoms with E-state index >= 15 is 0 Å². The highest BCUT2D eigenvalue weighted by Crippen LogP contribution is 2.30. The number of ether oxygens (including phenoxy) is 3. The first-order valence-electron chi connectivity index (χ1n) is 6.19. The standard InChI is InChI=1S/C12H18N4O3S/c1-8-7-9-10(19-6-5-18-4-3-17-2)14-12(16-13)15-11(9)20-8/h7H,3-6,13H2,1-2H3,(H,14,15,16). The Bertz CT molecular complexity index is 561. The molecule has 3 N–H and O–H groups in total. The zero-order valence-corrected chi connectivity index (χ0v) is 12.3. The van der Waals surface area contributed by atoms with E-state index in [0.717, 1.165) is 15.1 Å². The van der Waals surface area contributed by atoms with E-state index in [-0.39, 0.29) is 0 Å². The van der Waals surface area contributed by atoms with Crippen LogP contribution in [0, 0.1) is 6.92 Å². The zero-order chi connectivity index (χ0) is 14.4. The van der Waals surface area contributed by atoms with Crippen LogP contribution in [0.4, 0.5) is 5.95 Å². The average Bonchev–Trinajstić information content (AvgIpc) is 2.82. The predicted molar refractivity (Wildman–Crippen MR) is 78.2 cm³/mol. The molecule has 8 heteroatoms. The van der Waals surface area contributed by atoms with Crippen molar-refractivity contribution >= 4 is 27.5 Å². The van der Waals surface area contributed by atoms with Gasteiger partial charge in [-0.3, -0.25) is 5.43 Å². The number of aryl methyl sites for hydroxylation is 1. The number of aromatic nitrogens is 2. The lowest BCUT2D eigenvalue weighted by molar-refractivity contribution is 0.0540. The van der Waals surface area contributed by atoms with E-state index in [2.05, 4.69) is 15.4 Å². The molecule has 0 unspecified atom stereocenters. The fraction of sp³-hybridized carbons (Fsp3) is 0.500. The highest BCUT2D eigenvalue weighted by Gasteiger charge is 2.11. The van der Waals surface area contributed by atoms with E-state index in [1.807, 2.05) is 13.0 Å². The number of hydrogen-bond donors (Lipinski definition) is 2. The Labute approximate surface area is 121 Å². The third-order valence-corrected chi connectivity index (χ3v) is 3.45. The third-order valence-electron chi connectivity index (χ3n) is 2.51. The molecule has 0 saturated carbocycles. The molecule has 0 aliphatic heterocycles. The molecule has 20 heavy (non-hydrogen) atoms. The minimum absolute atomic E-state index is 0.342. The van der Waals surface area contributed by atoms with Crippen LogP contribution in [0.15, 0.2) is 6.07 Å². The smallest absolute Gasteiger partial charge is 0.241 e. The summed E-state index contributed by atoms with van der Waals surface area (Å²) in [4.78, 5) is 10.5. The second kappa shape index (κ2) is 7.34. The Balaban J connectivity index is 2.00. The van der Waals surface area contributed by atoms with Gasteiger partial charge in [-0.1, -0.05) is 0 Å². The first-order valence-corrected chi connectivity index (χ1v) is 7.00. The highest BCUT2D eigenvalue weighted by molar-refractivity contribution is 7.18. The van der Waals surface area contributed by atoms with Crippen LogP contribution in [-0.4, -0.2) is 43.5 Å². The molecule has 0 spiro atoms. The van der Waals surface area contributed by atoms with Crippen LogP contribution in [0.3, 0.4) is 0 Å². The molecule has 0 aliphatic rings. The molecule has 2 aromatic heterocycles. The van der Waals surface area contributed by atoms with Crippen molar-refractivity contribution in [2.24, 2.45) is 5.84 Å². The number of hydrogen-bond acceptors (Lipinski definition) is 8. The van der Waals surface area contributed by atoms with E-state index in [1.165, 1.54) is 0 Å². The maximum atomic E-state index is 5.65. The van der Waals surface area contributed by atoms with Gasteiger partial charge in [-0.25, -0.2) is 10.8 Å². The number of fused-ring (bicyclic) bond motifs is 1. The lowest BCUT2D eigenvalue weighted by Crippen LogP contribution is -2.13. The number of nitrogens with one attached hydrogen (secondary N) is 1. The summed E-state index contributed by atoms with van der Waals surface area (Å²) in [5, 5.41) is 0.892. The largest absolute Gasteiger partial charge is 0.475 e. The van der Waals surface area contributed by atoms with Crippen molar-refractivity contribution < 1.29 is 14.2 Å². The van der Waals surface area contributed by atoms with Crippen molar-refractivity contribution in [2.75, 3.05) is 39.0 Å². The number of nitrogen functional groups attached to an aromatic ring is 1. The monoisotopic (exact) mass is 298 g/mol. The Kier molecular flexibility index (Phi) is 5.48. The van der Waals surface area contributed by atoms with Crippen LogP contribution in [0.1, 0.15) is 4.88 Å². The SMILES string of the molecule is COCCOCCOc1nc(NN)nc2sc(C)cc12. The summed E-state index contributed by atoms with van der Waals surface area (Å²) in [5.41, 5.74) is 2.44. The third kappa shape index (κ3) is 3.76. The zero-order valence-electron chi connectivity index (χ0n) is 11.5. The number of nitrogens with two attached hydrogens (primary N) is 1. The molecule has 0 aromatic carbocycles. The van der Waals surface area contributed by atoms with E-state index in [4.69, 9.17) is 20.1 Å². The van der Waals surface area contributed by atoms with Gasteiger partial charge in [0.25, 0.3) is 0 Å². The van der Waals surface area contributed by atoms with Crippen molar-refractivity contribution in [3.63, 3.8) is 0 Å². The quantitative estimate of drug-likeness (QED) is 0.431.